The van der Waals surface area contributed by atoms with Crippen LogP contribution in [0.1, 0.15) is 32.1 Å². The van der Waals surface area contributed by atoms with E-state index in [2.05, 4.69) is 34.3 Å². The summed E-state index contributed by atoms with van der Waals surface area (Å²) in [6.45, 7) is 4.07. The van der Waals surface area contributed by atoms with E-state index < -0.39 is 0 Å². The van der Waals surface area contributed by atoms with Crippen molar-refractivity contribution >= 4 is 11.6 Å². The van der Waals surface area contributed by atoms with Crippen LogP contribution in [0.2, 0.25) is 0 Å². The fraction of sp³-hybridized carbons (Fsp3) is 0.261. The van der Waals surface area contributed by atoms with Crippen molar-refractivity contribution in [3.63, 3.8) is 0 Å². The third kappa shape index (κ3) is 4.69. The standard InChI is InChI=1S/C23H24N6O2/c1-16(2)12-18(23-27-26-20-10-6-7-11-29(20)23)25-21(30)15-28-14-19(24-13-22(28)31)17-8-4-3-5-9-17/h3-11,13-14,16,18H,12,15H2,1-2H3,(H,25,30). The van der Waals surface area contributed by atoms with Gasteiger partial charge in [-0.15, -0.1) is 10.2 Å². The van der Waals surface area contributed by atoms with Gasteiger partial charge in [-0.2, -0.15) is 0 Å². The molecule has 0 aliphatic rings. The first kappa shape index (κ1) is 20.5. The monoisotopic (exact) mass is 416 g/mol. The maximum Gasteiger partial charge on any atom is 0.269 e. The van der Waals surface area contributed by atoms with Crippen molar-refractivity contribution in [3.8, 4) is 11.3 Å². The first-order chi connectivity index (χ1) is 15.0. The van der Waals surface area contributed by atoms with Gasteiger partial charge in [-0.05, 0) is 24.5 Å². The lowest BCUT2D eigenvalue weighted by Gasteiger charge is -2.19. The molecule has 0 aliphatic heterocycles. The van der Waals surface area contributed by atoms with Gasteiger partial charge in [-0.25, -0.2) is 4.98 Å². The Morgan fingerprint density at radius 1 is 1.06 bits per heavy atom. The van der Waals surface area contributed by atoms with Gasteiger partial charge in [-0.3, -0.25) is 14.0 Å². The van der Waals surface area contributed by atoms with Gasteiger partial charge < -0.3 is 9.88 Å². The molecule has 1 atom stereocenters. The third-order valence-electron chi connectivity index (χ3n) is 4.95. The zero-order chi connectivity index (χ0) is 21.8. The Kier molecular flexibility index (Phi) is 5.88. The average molecular weight is 416 g/mol. The predicted molar refractivity (Wildman–Crippen MR) is 117 cm³/mol. The van der Waals surface area contributed by atoms with E-state index in [1.807, 2.05) is 59.1 Å². The molecule has 0 saturated carbocycles. The Bertz CT molecular complexity index is 1250. The summed E-state index contributed by atoms with van der Waals surface area (Å²) in [5.41, 5.74) is 1.90. The molecule has 1 amide bonds. The Morgan fingerprint density at radius 3 is 2.61 bits per heavy atom. The minimum atomic E-state index is -0.330. The minimum absolute atomic E-state index is 0.105. The van der Waals surface area contributed by atoms with Crippen molar-refractivity contribution in [1.29, 1.82) is 0 Å². The SMILES string of the molecule is CC(C)CC(NC(=O)Cn1cc(-c2ccccc2)ncc1=O)c1nnc2ccccn12. The highest BCUT2D eigenvalue weighted by molar-refractivity contribution is 5.76. The highest BCUT2D eigenvalue weighted by Gasteiger charge is 2.22. The van der Waals surface area contributed by atoms with Crippen LogP contribution in [0, 0.1) is 5.92 Å². The van der Waals surface area contributed by atoms with Crippen molar-refractivity contribution in [1.82, 2.24) is 29.5 Å². The second kappa shape index (κ2) is 8.91. The maximum absolute atomic E-state index is 12.9. The highest BCUT2D eigenvalue weighted by Crippen LogP contribution is 2.21. The van der Waals surface area contributed by atoms with Crippen molar-refractivity contribution in [2.45, 2.75) is 32.9 Å². The number of carbonyl (C=O) groups excluding carboxylic acids is 1. The van der Waals surface area contributed by atoms with E-state index >= 15 is 0 Å². The Morgan fingerprint density at radius 2 is 1.84 bits per heavy atom. The van der Waals surface area contributed by atoms with Crippen LogP contribution in [0.5, 0.6) is 0 Å². The number of aromatic nitrogens is 5. The molecule has 3 heterocycles. The number of amides is 1. The van der Waals surface area contributed by atoms with Crippen LogP contribution in [0.25, 0.3) is 16.9 Å². The number of carbonyl (C=O) groups is 1. The molecule has 31 heavy (non-hydrogen) atoms. The largest absolute Gasteiger partial charge is 0.344 e. The van der Waals surface area contributed by atoms with Crippen molar-refractivity contribution in [2.24, 2.45) is 5.92 Å². The number of hydrogen-bond donors (Lipinski definition) is 1. The van der Waals surface area contributed by atoms with Crippen LogP contribution in [0.4, 0.5) is 0 Å². The van der Waals surface area contributed by atoms with Gasteiger partial charge in [0.15, 0.2) is 11.5 Å². The van der Waals surface area contributed by atoms with Gasteiger partial charge in [0, 0.05) is 18.0 Å². The average Bonchev–Trinajstić information content (AvgIpc) is 3.19. The number of rotatable bonds is 7. The molecule has 4 aromatic rings. The molecule has 1 unspecified atom stereocenters. The highest BCUT2D eigenvalue weighted by atomic mass is 16.2. The molecule has 1 N–H and O–H groups in total. The zero-order valence-corrected chi connectivity index (χ0v) is 17.5. The smallest absolute Gasteiger partial charge is 0.269 e. The van der Waals surface area contributed by atoms with Crippen molar-refractivity contribution in [3.05, 3.63) is 83.3 Å². The molecule has 0 bridgehead atoms. The van der Waals surface area contributed by atoms with Crippen LogP contribution >= 0.6 is 0 Å². The number of benzene rings is 1. The summed E-state index contributed by atoms with van der Waals surface area (Å²) >= 11 is 0. The first-order valence-electron chi connectivity index (χ1n) is 10.2. The maximum atomic E-state index is 12.9. The van der Waals surface area contributed by atoms with Crippen LogP contribution in [-0.4, -0.2) is 30.1 Å². The van der Waals surface area contributed by atoms with Gasteiger partial charge in [0.2, 0.25) is 5.91 Å². The molecule has 0 aliphatic carbocycles. The lowest BCUT2D eigenvalue weighted by molar-refractivity contribution is -0.122. The molecule has 0 spiro atoms. The van der Waals surface area contributed by atoms with E-state index in [9.17, 15) is 9.59 Å². The second-order valence-electron chi connectivity index (χ2n) is 7.84. The molecule has 3 aromatic heterocycles. The van der Waals surface area contributed by atoms with Gasteiger partial charge in [0.05, 0.1) is 17.9 Å². The Labute approximate surface area is 179 Å². The second-order valence-corrected chi connectivity index (χ2v) is 7.84. The fourth-order valence-electron chi connectivity index (χ4n) is 3.52. The van der Waals surface area contributed by atoms with Gasteiger partial charge >= 0.3 is 0 Å². The Hall–Kier alpha value is -3.81. The summed E-state index contributed by atoms with van der Waals surface area (Å²) in [7, 11) is 0. The van der Waals surface area contributed by atoms with Gasteiger partial charge in [-0.1, -0.05) is 50.2 Å². The summed E-state index contributed by atoms with van der Waals surface area (Å²) < 4.78 is 3.25. The summed E-state index contributed by atoms with van der Waals surface area (Å²) in [4.78, 5) is 29.4. The quantitative estimate of drug-likeness (QED) is 0.500. The van der Waals surface area contributed by atoms with Crippen LogP contribution in [-0.2, 0) is 11.3 Å². The lowest BCUT2D eigenvalue weighted by Crippen LogP contribution is -2.36. The van der Waals surface area contributed by atoms with E-state index in [4.69, 9.17) is 0 Å². The van der Waals surface area contributed by atoms with Crippen molar-refractivity contribution < 1.29 is 4.79 Å². The number of hydrogen-bond acceptors (Lipinski definition) is 5. The van der Waals surface area contributed by atoms with Gasteiger partial charge in [0.1, 0.15) is 6.54 Å². The minimum Gasteiger partial charge on any atom is -0.344 e. The van der Waals surface area contributed by atoms with E-state index in [1.54, 1.807) is 6.20 Å². The van der Waals surface area contributed by atoms with E-state index in [-0.39, 0.29) is 24.1 Å². The van der Waals surface area contributed by atoms with Crippen molar-refractivity contribution in [2.75, 3.05) is 0 Å². The first-order valence-corrected chi connectivity index (χ1v) is 10.2. The molecular formula is C23H24N6O2. The van der Waals surface area contributed by atoms with Crippen LogP contribution in [0.3, 0.4) is 0 Å². The molecule has 0 fully saturated rings. The topological polar surface area (TPSA) is 94.2 Å². The predicted octanol–water partition coefficient (Wildman–Crippen LogP) is 2.86. The fourth-order valence-corrected chi connectivity index (χ4v) is 3.52. The van der Waals surface area contributed by atoms with E-state index in [1.165, 1.54) is 10.8 Å². The van der Waals surface area contributed by atoms with Crippen LogP contribution < -0.4 is 10.9 Å². The van der Waals surface area contributed by atoms with E-state index in [0.29, 0.717) is 23.9 Å². The summed E-state index contributed by atoms with van der Waals surface area (Å²) in [6.07, 6.45) is 5.43. The normalized spacial score (nSPS) is 12.2. The lowest BCUT2D eigenvalue weighted by atomic mass is 10.0. The Balaban J connectivity index is 1.57. The number of pyridine rings is 1. The number of nitrogens with one attached hydrogen (secondary N) is 1. The molecule has 8 heteroatoms. The molecule has 0 radical (unpaired) electrons. The summed E-state index contributed by atoms with van der Waals surface area (Å²) in [6, 6.07) is 14.9. The van der Waals surface area contributed by atoms with E-state index in [0.717, 1.165) is 11.2 Å². The molecule has 1 aromatic carbocycles. The van der Waals surface area contributed by atoms with Gasteiger partial charge in [0.25, 0.3) is 5.56 Å². The molecule has 158 valence electrons. The third-order valence-corrected chi connectivity index (χ3v) is 4.95. The number of nitrogens with zero attached hydrogens (tertiary/aromatic N) is 5. The molecule has 8 nitrogen and oxygen atoms in total. The molecule has 0 saturated heterocycles. The number of fused-ring (bicyclic) bond motifs is 1. The summed E-state index contributed by atoms with van der Waals surface area (Å²) in [5.74, 6) is 0.727. The molecular weight excluding hydrogens is 392 g/mol. The molecule has 4 rings (SSSR count). The van der Waals surface area contributed by atoms with Crippen LogP contribution in [0.15, 0.2) is 71.9 Å². The summed E-state index contributed by atoms with van der Waals surface area (Å²) in [5, 5.41) is 11.5. The zero-order valence-electron chi connectivity index (χ0n) is 17.5.